The van der Waals surface area contributed by atoms with E-state index < -0.39 is 0 Å². The molecule has 136 valence electrons. The highest BCUT2D eigenvalue weighted by molar-refractivity contribution is 7.15. The van der Waals surface area contributed by atoms with Crippen LogP contribution < -0.4 is 0 Å². The second-order valence-corrected chi connectivity index (χ2v) is 7.26. The van der Waals surface area contributed by atoms with Gasteiger partial charge in [0.2, 0.25) is 5.91 Å². The van der Waals surface area contributed by atoms with Crippen LogP contribution in [0.1, 0.15) is 11.3 Å². The SMILES string of the molecule is CN(Cc1cccc(F)c1)C(=O)Cc1csc2nc(-c3ccccc3)cn12. The number of likely N-dealkylation sites (N-methyl/N-ethyl adjacent to an activating group) is 1. The van der Waals surface area contributed by atoms with Crippen molar-refractivity contribution in [2.24, 2.45) is 0 Å². The molecule has 0 spiro atoms. The van der Waals surface area contributed by atoms with Crippen molar-refractivity contribution in [3.05, 3.63) is 83.2 Å². The summed E-state index contributed by atoms with van der Waals surface area (Å²) in [7, 11) is 1.74. The Morgan fingerprint density at radius 3 is 2.78 bits per heavy atom. The lowest BCUT2D eigenvalue weighted by molar-refractivity contribution is -0.129. The molecule has 4 rings (SSSR count). The molecule has 27 heavy (non-hydrogen) atoms. The van der Waals surface area contributed by atoms with E-state index >= 15 is 0 Å². The van der Waals surface area contributed by atoms with Crippen LogP contribution in [-0.4, -0.2) is 27.2 Å². The van der Waals surface area contributed by atoms with Gasteiger partial charge in [0.1, 0.15) is 5.82 Å². The van der Waals surface area contributed by atoms with Crippen molar-refractivity contribution in [3.8, 4) is 11.3 Å². The van der Waals surface area contributed by atoms with Crippen LogP contribution >= 0.6 is 11.3 Å². The fourth-order valence-electron chi connectivity index (χ4n) is 2.99. The predicted octanol–water partition coefficient (Wildman–Crippen LogP) is 4.40. The molecule has 0 saturated heterocycles. The lowest BCUT2D eigenvalue weighted by Crippen LogP contribution is -2.28. The predicted molar refractivity (Wildman–Crippen MR) is 105 cm³/mol. The highest BCUT2D eigenvalue weighted by atomic mass is 32.1. The molecule has 6 heteroatoms. The first-order valence-electron chi connectivity index (χ1n) is 8.59. The van der Waals surface area contributed by atoms with Crippen LogP contribution in [-0.2, 0) is 17.8 Å². The maximum absolute atomic E-state index is 13.3. The summed E-state index contributed by atoms with van der Waals surface area (Å²) < 4.78 is 15.3. The number of rotatable bonds is 5. The van der Waals surface area contributed by atoms with Gasteiger partial charge in [-0.2, -0.15) is 0 Å². The second-order valence-electron chi connectivity index (χ2n) is 6.43. The van der Waals surface area contributed by atoms with Crippen LogP contribution in [0.5, 0.6) is 0 Å². The topological polar surface area (TPSA) is 37.6 Å². The first-order chi connectivity index (χ1) is 13.1. The van der Waals surface area contributed by atoms with Crippen LogP contribution in [0.3, 0.4) is 0 Å². The number of nitrogens with zero attached hydrogens (tertiary/aromatic N) is 3. The monoisotopic (exact) mass is 379 g/mol. The lowest BCUT2D eigenvalue weighted by Gasteiger charge is -2.17. The Morgan fingerprint density at radius 1 is 1.19 bits per heavy atom. The van der Waals surface area contributed by atoms with Crippen molar-refractivity contribution < 1.29 is 9.18 Å². The van der Waals surface area contributed by atoms with Gasteiger partial charge in [0.25, 0.3) is 0 Å². The van der Waals surface area contributed by atoms with Crippen molar-refractivity contribution in [2.45, 2.75) is 13.0 Å². The van der Waals surface area contributed by atoms with Crippen molar-refractivity contribution >= 4 is 22.2 Å². The average Bonchev–Trinajstić information content (AvgIpc) is 3.24. The van der Waals surface area contributed by atoms with Gasteiger partial charge in [-0.1, -0.05) is 42.5 Å². The van der Waals surface area contributed by atoms with Crippen molar-refractivity contribution in [1.82, 2.24) is 14.3 Å². The Bertz CT molecular complexity index is 1090. The number of aromatic nitrogens is 2. The Kier molecular flexibility index (Phi) is 4.73. The molecule has 0 bridgehead atoms. The number of thiazole rings is 1. The summed E-state index contributed by atoms with van der Waals surface area (Å²) in [6.07, 6.45) is 2.24. The molecule has 0 N–H and O–H groups in total. The average molecular weight is 379 g/mol. The van der Waals surface area contributed by atoms with Gasteiger partial charge in [-0.05, 0) is 17.7 Å². The van der Waals surface area contributed by atoms with Gasteiger partial charge in [0, 0.05) is 36.4 Å². The summed E-state index contributed by atoms with van der Waals surface area (Å²) in [6, 6.07) is 16.3. The number of carbonyl (C=O) groups excluding carboxylic acids is 1. The number of hydrogen-bond donors (Lipinski definition) is 0. The van der Waals surface area contributed by atoms with E-state index in [1.54, 1.807) is 18.0 Å². The molecule has 1 amide bonds. The summed E-state index contributed by atoms with van der Waals surface area (Å²) in [5.74, 6) is -0.311. The fraction of sp³-hybridized carbons (Fsp3) is 0.143. The molecular weight excluding hydrogens is 361 g/mol. The molecule has 0 saturated carbocycles. The molecule has 0 fully saturated rings. The molecule has 0 aliphatic rings. The second kappa shape index (κ2) is 7.32. The number of fused-ring (bicyclic) bond motifs is 1. The number of amides is 1. The zero-order valence-corrected chi connectivity index (χ0v) is 15.6. The third-order valence-corrected chi connectivity index (χ3v) is 5.31. The van der Waals surface area contributed by atoms with Crippen molar-refractivity contribution in [3.63, 3.8) is 0 Å². The summed E-state index contributed by atoms with van der Waals surface area (Å²) in [5, 5.41) is 1.96. The van der Waals surface area contributed by atoms with E-state index in [4.69, 9.17) is 0 Å². The first-order valence-corrected chi connectivity index (χ1v) is 9.47. The normalized spacial score (nSPS) is 11.0. The van der Waals surface area contributed by atoms with Crippen LogP contribution in [0.2, 0.25) is 0 Å². The summed E-state index contributed by atoms with van der Waals surface area (Å²) in [5.41, 5.74) is 3.62. The molecular formula is C21H18FN3OS. The number of benzene rings is 2. The van der Waals surface area contributed by atoms with Gasteiger partial charge >= 0.3 is 0 Å². The number of carbonyl (C=O) groups is 1. The highest BCUT2D eigenvalue weighted by Crippen LogP contribution is 2.24. The van der Waals surface area contributed by atoms with Crippen molar-refractivity contribution in [1.29, 1.82) is 0 Å². The molecule has 0 aliphatic carbocycles. The van der Waals surface area contributed by atoms with E-state index in [1.807, 2.05) is 52.4 Å². The first kappa shape index (κ1) is 17.4. The largest absolute Gasteiger partial charge is 0.341 e. The summed E-state index contributed by atoms with van der Waals surface area (Å²) >= 11 is 1.52. The van der Waals surface area contributed by atoms with Crippen LogP contribution in [0.25, 0.3) is 16.2 Å². The minimum Gasteiger partial charge on any atom is -0.341 e. The Hall–Kier alpha value is -2.99. The molecule has 0 unspecified atom stereocenters. The Balaban J connectivity index is 1.51. The lowest BCUT2D eigenvalue weighted by atomic mass is 10.2. The summed E-state index contributed by atoms with van der Waals surface area (Å²) in [6.45, 7) is 0.378. The van der Waals surface area contributed by atoms with Gasteiger partial charge in [0.15, 0.2) is 4.96 Å². The maximum Gasteiger partial charge on any atom is 0.228 e. The number of imidazole rings is 1. The number of halogens is 1. The third-order valence-electron chi connectivity index (χ3n) is 4.42. The molecule has 2 heterocycles. The molecule has 2 aromatic heterocycles. The molecule has 4 aromatic rings. The van der Waals surface area contributed by atoms with Crippen molar-refractivity contribution in [2.75, 3.05) is 7.05 Å². The minimum absolute atomic E-state index is 0.0195. The van der Waals surface area contributed by atoms with Crippen LogP contribution in [0, 0.1) is 5.82 Å². The van der Waals surface area contributed by atoms with Gasteiger partial charge in [-0.3, -0.25) is 9.20 Å². The Morgan fingerprint density at radius 2 is 2.00 bits per heavy atom. The maximum atomic E-state index is 13.3. The quantitative estimate of drug-likeness (QED) is 0.515. The standard InChI is InChI=1S/C21H18FN3OS/c1-24(12-15-6-5-9-17(22)10-15)20(26)11-18-14-27-21-23-19(13-25(18)21)16-7-3-2-4-8-16/h2-10,13-14H,11-12H2,1H3. The van der Waals surface area contributed by atoms with E-state index in [1.165, 1.54) is 23.5 Å². The highest BCUT2D eigenvalue weighted by Gasteiger charge is 2.15. The fourth-order valence-corrected chi connectivity index (χ4v) is 3.86. The smallest absolute Gasteiger partial charge is 0.228 e. The molecule has 0 radical (unpaired) electrons. The zero-order valence-electron chi connectivity index (χ0n) is 14.8. The molecule has 2 aromatic carbocycles. The number of hydrogen-bond acceptors (Lipinski definition) is 3. The molecule has 0 aliphatic heterocycles. The van der Waals surface area contributed by atoms with Crippen LogP contribution in [0.15, 0.2) is 66.2 Å². The Labute approximate surface area is 160 Å². The summed E-state index contributed by atoms with van der Waals surface area (Å²) in [4.78, 5) is 19.8. The van der Waals surface area contributed by atoms with E-state index in [9.17, 15) is 9.18 Å². The van der Waals surface area contributed by atoms with Gasteiger partial charge in [0.05, 0.1) is 12.1 Å². The van der Waals surface area contributed by atoms with Gasteiger partial charge in [-0.25, -0.2) is 9.37 Å². The van der Waals surface area contributed by atoms with E-state index in [0.29, 0.717) is 6.54 Å². The molecule has 4 nitrogen and oxygen atoms in total. The third kappa shape index (κ3) is 3.75. The van der Waals surface area contributed by atoms with E-state index in [-0.39, 0.29) is 18.1 Å². The zero-order chi connectivity index (χ0) is 18.8. The van der Waals surface area contributed by atoms with E-state index in [2.05, 4.69) is 4.98 Å². The van der Waals surface area contributed by atoms with Gasteiger partial charge in [-0.15, -0.1) is 11.3 Å². The van der Waals surface area contributed by atoms with E-state index in [0.717, 1.165) is 27.5 Å². The van der Waals surface area contributed by atoms with Crippen LogP contribution in [0.4, 0.5) is 4.39 Å². The minimum atomic E-state index is -0.292. The van der Waals surface area contributed by atoms with Gasteiger partial charge < -0.3 is 4.90 Å². The molecule has 0 atom stereocenters.